The molecule has 14 heavy (non-hydrogen) atoms. The molecule has 0 spiro atoms. The SMILES string of the molecule is CC1CCC1COc1ccccc1Br. The number of para-hydroxylation sites is 1. The Morgan fingerprint density at radius 2 is 2.14 bits per heavy atom. The minimum atomic E-state index is 0.766. The first-order valence-corrected chi connectivity index (χ1v) is 5.94. The van der Waals surface area contributed by atoms with Gasteiger partial charge in [-0.3, -0.25) is 0 Å². The van der Waals surface area contributed by atoms with Gasteiger partial charge in [-0.25, -0.2) is 0 Å². The van der Waals surface area contributed by atoms with Crippen molar-refractivity contribution >= 4 is 15.9 Å². The van der Waals surface area contributed by atoms with Crippen LogP contribution in [0.2, 0.25) is 0 Å². The van der Waals surface area contributed by atoms with Gasteiger partial charge in [-0.1, -0.05) is 19.1 Å². The summed E-state index contributed by atoms with van der Waals surface area (Å²) in [6.45, 7) is 3.17. The molecule has 2 rings (SSSR count). The highest BCUT2D eigenvalue weighted by Gasteiger charge is 2.27. The Morgan fingerprint density at radius 1 is 1.36 bits per heavy atom. The van der Waals surface area contributed by atoms with E-state index in [9.17, 15) is 0 Å². The van der Waals surface area contributed by atoms with E-state index in [-0.39, 0.29) is 0 Å². The number of hydrogen-bond acceptors (Lipinski definition) is 1. The molecule has 0 bridgehead atoms. The fourth-order valence-electron chi connectivity index (χ4n) is 1.74. The number of hydrogen-bond donors (Lipinski definition) is 0. The fourth-order valence-corrected chi connectivity index (χ4v) is 2.14. The van der Waals surface area contributed by atoms with Crippen molar-refractivity contribution in [3.8, 4) is 5.75 Å². The van der Waals surface area contributed by atoms with Gasteiger partial charge in [0.2, 0.25) is 0 Å². The minimum Gasteiger partial charge on any atom is -0.492 e. The van der Waals surface area contributed by atoms with Crippen molar-refractivity contribution in [1.82, 2.24) is 0 Å². The van der Waals surface area contributed by atoms with E-state index in [2.05, 4.69) is 22.9 Å². The van der Waals surface area contributed by atoms with Gasteiger partial charge in [0.15, 0.2) is 0 Å². The molecule has 1 aromatic carbocycles. The summed E-state index contributed by atoms with van der Waals surface area (Å²) in [6, 6.07) is 8.03. The average Bonchev–Trinajstić information content (AvgIpc) is 2.19. The van der Waals surface area contributed by atoms with Crippen molar-refractivity contribution in [1.29, 1.82) is 0 Å². The monoisotopic (exact) mass is 254 g/mol. The molecule has 1 aliphatic carbocycles. The first kappa shape index (κ1) is 10.0. The lowest BCUT2D eigenvalue weighted by Crippen LogP contribution is -2.28. The molecule has 1 fully saturated rings. The summed E-state index contributed by atoms with van der Waals surface area (Å²) < 4.78 is 6.81. The van der Waals surface area contributed by atoms with Crippen molar-refractivity contribution in [2.75, 3.05) is 6.61 Å². The van der Waals surface area contributed by atoms with Crippen LogP contribution in [0, 0.1) is 11.8 Å². The molecule has 2 heteroatoms. The predicted molar refractivity (Wildman–Crippen MR) is 61.5 cm³/mol. The summed E-state index contributed by atoms with van der Waals surface area (Å²) in [7, 11) is 0. The van der Waals surface area contributed by atoms with E-state index in [0.29, 0.717) is 0 Å². The third-order valence-corrected chi connectivity index (χ3v) is 3.74. The normalized spacial score (nSPS) is 25.6. The Labute approximate surface area is 93.6 Å². The third kappa shape index (κ3) is 2.11. The van der Waals surface area contributed by atoms with Gasteiger partial charge in [0, 0.05) is 0 Å². The quantitative estimate of drug-likeness (QED) is 0.796. The van der Waals surface area contributed by atoms with Crippen LogP contribution in [0.3, 0.4) is 0 Å². The molecular weight excluding hydrogens is 240 g/mol. The van der Waals surface area contributed by atoms with E-state index in [0.717, 1.165) is 28.7 Å². The van der Waals surface area contributed by atoms with E-state index < -0.39 is 0 Å². The van der Waals surface area contributed by atoms with Crippen LogP contribution in [-0.2, 0) is 0 Å². The van der Waals surface area contributed by atoms with Crippen LogP contribution < -0.4 is 4.74 Å². The summed E-state index contributed by atoms with van der Waals surface area (Å²) in [4.78, 5) is 0. The van der Waals surface area contributed by atoms with E-state index in [4.69, 9.17) is 4.74 Å². The molecular formula is C12H15BrO. The largest absolute Gasteiger partial charge is 0.492 e. The van der Waals surface area contributed by atoms with E-state index in [1.165, 1.54) is 12.8 Å². The second-order valence-corrected chi connectivity index (χ2v) is 4.91. The van der Waals surface area contributed by atoms with Crippen LogP contribution in [0.15, 0.2) is 28.7 Å². The van der Waals surface area contributed by atoms with E-state index in [1.54, 1.807) is 0 Å². The first-order valence-electron chi connectivity index (χ1n) is 5.14. The molecule has 0 aromatic heterocycles. The molecule has 1 saturated carbocycles. The second-order valence-electron chi connectivity index (χ2n) is 4.06. The standard InChI is InChI=1S/C12H15BrO/c1-9-6-7-10(9)8-14-12-5-3-2-4-11(12)13/h2-5,9-10H,6-8H2,1H3. The van der Waals surface area contributed by atoms with Crippen molar-refractivity contribution in [2.45, 2.75) is 19.8 Å². The van der Waals surface area contributed by atoms with Crippen LogP contribution in [0.4, 0.5) is 0 Å². The second kappa shape index (κ2) is 4.35. The van der Waals surface area contributed by atoms with E-state index in [1.807, 2.05) is 24.3 Å². The zero-order valence-electron chi connectivity index (χ0n) is 8.37. The highest BCUT2D eigenvalue weighted by Crippen LogP contribution is 2.34. The Morgan fingerprint density at radius 3 is 2.71 bits per heavy atom. The van der Waals surface area contributed by atoms with Crippen LogP contribution in [0.1, 0.15) is 19.8 Å². The highest BCUT2D eigenvalue weighted by atomic mass is 79.9. The number of benzene rings is 1. The number of ether oxygens (including phenoxy) is 1. The minimum absolute atomic E-state index is 0.766. The lowest BCUT2D eigenvalue weighted by molar-refractivity contribution is 0.116. The smallest absolute Gasteiger partial charge is 0.133 e. The van der Waals surface area contributed by atoms with Crippen LogP contribution in [-0.4, -0.2) is 6.61 Å². The summed E-state index contributed by atoms with van der Waals surface area (Å²) in [5, 5.41) is 0. The lowest BCUT2D eigenvalue weighted by atomic mass is 9.75. The summed E-state index contributed by atoms with van der Waals surface area (Å²) >= 11 is 3.48. The van der Waals surface area contributed by atoms with Gasteiger partial charge < -0.3 is 4.74 Å². The van der Waals surface area contributed by atoms with Crippen LogP contribution in [0.5, 0.6) is 5.75 Å². The molecule has 0 aliphatic heterocycles. The fraction of sp³-hybridized carbons (Fsp3) is 0.500. The van der Waals surface area contributed by atoms with Gasteiger partial charge in [-0.15, -0.1) is 0 Å². The molecule has 0 N–H and O–H groups in total. The topological polar surface area (TPSA) is 9.23 Å². The van der Waals surface area contributed by atoms with Crippen LogP contribution >= 0.6 is 15.9 Å². The predicted octanol–water partition coefficient (Wildman–Crippen LogP) is 3.87. The zero-order chi connectivity index (χ0) is 9.97. The van der Waals surface area contributed by atoms with Crippen molar-refractivity contribution < 1.29 is 4.74 Å². The summed E-state index contributed by atoms with van der Waals surface area (Å²) in [5.74, 6) is 2.58. The first-order chi connectivity index (χ1) is 6.77. The molecule has 0 saturated heterocycles. The molecule has 0 amide bonds. The van der Waals surface area contributed by atoms with Crippen molar-refractivity contribution in [3.63, 3.8) is 0 Å². The van der Waals surface area contributed by atoms with Gasteiger partial charge in [0.1, 0.15) is 5.75 Å². The molecule has 2 atom stereocenters. The zero-order valence-corrected chi connectivity index (χ0v) is 9.96. The van der Waals surface area contributed by atoms with Gasteiger partial charge in [-0.05, 0) is 52.7 Å². The maximum atomic E-state index is 5.76. The highest BCUT2D eigenvalue weighted by molar-refractivity contribution is 9.10. The molecule has 1 aliphatic rings. The Balaban J connectivity index is 1.88. The summed E-state index contributed by atoms with van der Waals surface area (Å²) in [5.41, 5.74) is 0. The Kier molecular flexibility index (Phi) is 3.12. The molecule has 1 aromatic rings. The average molecular weight is 255 g/mol. The van der Waals surface area contributed by atoms with Gasteiger partial charge in [0.25, 0.3) is 0 Å². The Hall–Kier alpha value is -0.500. The van der Waals surface area contributed by atoms with E-state index >= 15 is 0 Å². The van der Waals surface area contributed by atoms with Crippen LogP contribution in [0.25, 0.3) is 0 Å². The van der Waals surface area contributed by atoms with Gasteiger partial charge in [-0.2, -0.15) is 0 Å². The number of halogens is 1. The molecule has 0 radical (unpaired) electrons. The molecule has 0 heterocycles. The van der Waals surface area contributed by atoms with Gasteiger partial charge in [0.05, 0.1) is 11.1 Å². The maximum Gasteiger partial charge on any atom is 0.133 e. The third-order valence-electron chi connectivity index (χ3n) is 3.09. The van der Waals surface area contributed by atoms with Gasteiger partial charge >= 0.3 is 0 Å². The maximum absolute atomic E-state index is 5.76. The molecule has 2 unspecified atom stereocenters. The van der Waals surface area contributed by atoms with Crippen molar-refractivity contribution in [3.05, 3.63) is 28.7 Å². The summed E-state index contributed by atoms with van der Waals surface area (Å²) in [6.07, 6.45) is 2.69. The Bertz CT molecular complexity index is 311. The molecule has 1 nitrogen and oxygen atoms in total. The molecule has 76 valence electrons. The lowest BCUT2D eigenvalue weighted by Gasteiger charge is -2.33. The van der Waals surface area contributed by atoms with Crippen molar-refractivity contribution in [2.24, 2.45) is 11.8 Å². The number of rotatable bonds is 3.